The molecular formula is C26H23ClN4O. The molecule has 6 heteroatoms. The molecule has 0 saturated carbocycles. The molecule has 3 aromatic carbocycles. The number of aryl methyl sites for hydroxylation is 2. The Balaban J connectivity index is 1.47. The van der Waals surface area contributed by atoms with E-state index in [1.54, 1.807) is 6.07 Å². The van der Waals surface area contributed by atoms with E-state index in [-0.39, 0.29) is 6.04 Å². The van der Waals surface area contributed by atoms with Crippen molar-refractivity contribution in [1.82, 2.24) is 15.5 Å². The van der Waals surface area contributed by atoms with Crippen LogP contribution in [0.2, 0.25) is 5.02 Å². The van der Waals surface area contributed by atoms with Gasteiger partial charge < -0.3 is 10.1 Å². The van der Waals surface area contributed by atoms with Gasteiger partial charge in [0, 0.05) is 10.4 Å². The number of nitrogens with one attached hydrogen (secondary N) is 1. The van der Waals surface area contributed by atoms with E-state index in [1.807, 2.05) is 42.5 Å². The molecule has 0 radical (unpaired) electrons. The van der Waals surface area contributed by atoms with Crippen molar-refractivity contribution in [2.24, 2.45) is 4.99 Å². The first kappa shape index (κ1) is 20.5. The summed E-state index contributed by atoms with van der Waals surface area (Å²) in [6.45, 7) is 4.97. The van der Waals surface area contributed by atoms with Crippen LogP contribution in [0.4, 0.5) is 0 Å². The lowest BCUT2D eigenvalue weighted by Gasteiger charge is -2.16. The van der Waals surface area contributed by atoms with E-state index >= 15 is 0 Å². The van der Waals surface area contributed by atoms with E-state index in [4.69, 9.17) is 21.3 Å². The standard InChI is InChI=1S/C26H23ClN4O/c1-16-10-11-18(17(2)12-16)13-20-15-28-25(29-20)24-22-8-3-4-9-23(22)30-31-26(24)32-21-7-5-6-19(27)14-21/h3-12,14,20H,13,15H2,1-2H3,(H,28,29)/t20-/m1/s1. The molecule has 0 bridgehead atoms. The molecule has 1 N–H and O–H groups in total. The molecule has 1 aliphatic rings. The van der Waals surface area contributed by atoms with Crippen molar-refractivity contribution in [2.75, 3.05) is 6.54 Å². The molecule has 1 aromatic heterocycles. The summed E-state index contributed by atoms with van der Waals surface area (Å²) in [6.07, 6.45) is 0.903. The van der Waals surface area contributed by atoms with Gasteiger partial charge >= 0.3 is 0 Å². The molecule has 0 unspecified atom stereocenters. The third-order valence-electron chi connectivity index (χ3n) is 5.66. The first-order valence-corrected chi connectivity index (χ1v) is 11.0. The minimum Gasteiger partial charge on any atom is -0.437 e. The van der Waals surface area contributed by atoms with Crippen molar-refractivity contribution in [3.63, 3.8) is 0 Å². The highest BCUT2D eigenvalue weighted by Gasteiger charge is 2.25. The van der Waals surface area contributed by atoms with Crippen LogP contribution in [0.3, 0.4) is 0 Å². The van der Waals surface area contributed by atoms with Gasteiger partial charge in [-0.2, -0.15) is 0 Å². The molecule has 0 amide bonds. The Labute approximate surface area is 192 Å². The van der Waals surface area contributed by atoms with Crippen LogP contribution in [0.25, 0.3) is 10.9 Å². The summed E-state index contributed by atoms with van der Waals surface area (Å²) in [4.78, 5) is 4.83. The number of aromatic nitrogens is 2. The second-order valence-corrected chi connectivity index (χ2v) is 8.56. The van der Waals surface area contributed by atoms with Crippen molar-refractivity contribution in [1.29, 1.82) is 0 Å². The van der Waals surface area contributed by atoms with Gasteiger partial charge in [0.2, 0.25) is 0 Å². The molecule has 5 rings (SSSR count). The quantitative estimate of drug-likeness (QED) is 0.433. The number of halogens is 1. The molecule has 5 nitrogen and oxygen atoms in total. The van der Waals surface area contributed by atoms with Crippen LogP contribution >= 0.6 is 11.6 Å². The molecule has 0 aliphatic carbocycles. The Morgan fingerprint density at radius 3 is 2.72 bits per heavy atom. The highest BCUT2D eigenvalue weighted by molar-refractivity contribution is 6.30. The lowest BCUT2D eigenvalue weighted by Crippen LogP contribution is -2.33. The Hall–Kier alpha value is -3.44. The fraction of sp³-hybridized carbons (Fsp3) is 0.192. The second kappa shape index (κ2) is 8.60. The van der Waals surface area contributed by atoms with E-state index in [1.165, 1.54) is 16.7 Å². The summed E-state index contributed by atoms with van der Waals surface area (Å²) in [7, 11) is 0. The van der Waals surface area contributed by atoms with E-state index in [2.05, 4.69) is 47.6 Å². The zero-order chi connectivity index (χ0) is 22.1. The highest BCUT2D eigenvalue weighted by atomic mass is 35.5. The van der Waals surface area contributed by atoms with Gasteiger partial charge in [0.1, 0.15) is 11.6 Å². The van der Waals surface area contributed by atoms with Crippen LogP contribution in [0.1, 0.15) is 22.3 Å². The first-order chi connectivity index (χ1) is 15.6. The lowest BCUT2D eigenvalue weighted by molar-refractivity contribution is 0.456. The van der Waals surface area contributed by atoms with Gasteiger partial charge in [-0.1, -0.05) is 59.6 Å². The zero-order valence-corrected chi connectivity index (χ0v) is 18.7. The number of benzene rings is 3. The summed E-state index contributed by atoms with van der Waals surface area (Å²) in [5, 5.41) is 13.9. The van der Waals surface area contributed by atoms with Crippen molar-refractivity contribution < 1.29 is 4.74 Å². The minimum absolute atomic E-state index is 0.206. The van der Waals surface area contributed by atoms with Gasteiger partial charge in [-0.15, -0.1) is 10.2 Å². The Morgan fingerprint density at radius 2 is 1.88 bits per heavy atom. The summed E-state index contributed by atoms with van der Waals surface area (Å²) in [5.41, 5.74) is 5.53. The normalized spacial score (nSPS) is 15.5. The van der Waals surface area contributed by atoms with Gasteiger partial charge in [-0.05, 0) is 55.7 Å². The summed E-state index contributed by atoms with van der Waals surface area (Å²) < 4.78 is 6.12. The van der Waals surface area contributed by atoms with E-state index in [9.17, 15) is 0 Å². The zero-order valence-electron chi connectivity index (χ0n) is 18.0. The van der Waals surface area contributed by atoms with E-state index in [0.717, 1.165) is 28.7 Å². The Kier molecular flexibility index (Phi) is 5.50. The van der Waals surface area contributed by atoms with Gasteiger partial charge in [-0.25, -0.2) is 0 Å². The highest BCUT2D eigenvalue weighted by Crippen LogP contribution is 2.30. The molecule has 2 heterocycles. The summed E-state index contributed by atoms with van der Waals surface area (Å²) in [5.74, 6) is 1.79. The third-order valence-corrected chi connectivity index (χ3v) is 5.89. The van der Waals surface area contributed by atoms with E-state index < -0.39 is 0 Å². The van der Waals surface area contributed by atoms with Crippen LogP contribution in [0, 0.1) is 13.8 Å². The lowest BCUT2D eigenvalue weighted by atomic mass is 9.99. The number of amidine groups is 1. The molecule has 0 fully saturated rings. The first-order valence-electron chi connectivity index (χ1n) is 10.6. The number of ether oxygens (including phenoxy) is 1. The SMILES string of the molecule is Cc1ccc(C[C@@H]2CN=C(c3c(Oc4cccc(Cl)c4)nnc4ccccc34)N2)c(C)c1. The number of aliphatic imine (C=N–C) groups is 1. The van der Waals surface area contributed by atoms with Crippen LogP contribution in [-0.2, 0) is 6.42 Å². The van der Waals surface area contributed by atoms with Crippen LogP contribution in [-0.4, -0.2) is 28.6 Å². The monoisotopic (exact) mass is 442 g/mol. The molecule has 32 heavy (non-hydrogen) atoms. The molecule has 1 atom stereocenters. The van der Waals surface area contributed by atoms with E-state index in [0.29, 0.717) is 23.2 Å². The van der Waals surface area contributed by atoms with Crippen LogP contribution in [0.5, 0.6) is 11.6 Å². The maximum Gasteiger partial charge on any atom is 0.250 e. The van der Waals surface area contributed by atoms with Crippen LogP contribution < -0.4 is 10.1 Å². The molecular weight excluding hydrogens is 420 g/mol. The summed E-state index contributed by atoms with van der Waals surface area (Å²) >= 11 is 6.14. The summed E-state index contributed by atoms with van der Waals surface area (Å²) in [6, 6.07) is 22.0. The maximum atomic E-state index is 6.14. The topological polar surface area (TPSA) is 59.4 Å². The predicted molar refractivity (Wildman–Crippen MR) is 129 cm³/mol. The minimum atomic E-state index is 0.206. The van der Waals surface area contributed by atoms with Crippen molar-refractivity contribution in [3.05, 3.63) is 94.0 Å². The fourth-order valence-electron chi connectivity index (χ4n) is 4.07. The molecule has 160 valence electrons. The van der Waals surface area contributed by atoms with Crippen molar-refractivity contribution in [2.45, 2.75) is 26.3 Å². The Morgan fingerprint density at radius 1 is 1.00 bits per heavy atom. The molecule has 1 aliphatic heterocycles. The second-order valence-electron chi connectivity index (χ2n) is 8.12. The fourth-order valence-corrected chi connectivity index (χ4v) is 4.25. The van der Waals surface area contributed by atoms with Crippen molar-refractivity contribution in [3.8, 4) is 11.6 Å². The number of fused-ring (bicyclic) bond motifs is 1. The average Bonchev–Trinajstić information content (AvgIpc) is 3.24. The van der Waals surface area contributed by atoms with Gasteiger partial charge in [0.25, 0.3) is 5.88 Å². The predicted octanol–water partition coefficient (Wildman–Crippen LogP) is 5.65. The molecule has 4 aromatic rings. The number of nitrogens with zero attached hydrogens (tertiary/aromatic N) is 3. The van der Waals surface area contributed by atoms with Gasteiger partial charge in [0.15, 0.2) is 0 Å². The Bertz CT molecular complexity index is 1330. The van der Waals surface area contributed by atoms with Gasteiger partial charge in [-0.3, -0.25) is 4.99 Å². The van der Waals surface area contributed by atoms with Gasteiger partial charge in [0.05, 0.1) is 23.7 Å². The van der Waals surface area contributed by atoms with Crippen molar-refractivity contribution >= 4 is 28.3 Å². The molecule has 0 spiro atoms. The maximum absolute atomic E-state index is 6.14. The third kappa shape index (κ3) is 4.16. The number of hydrogen-bond acceptors (Lipinski definition) is 5. The average molecular weight is 443 g/mol. The van der Waals surface area contributed by atoms with Crippen LogP contribution in [0.15, 0.2) is 71.7 Å². The number of rotatable bonds is 5. The molecule has 0 saturated heterocycles. The number of hydrogen-bond donors (Lipinski definition) is 1. The smallest absolute Gasteiger partial charge is 0.250 e. The largest absolute Gasteiger partial charge is 0.437 e.